The molecule has 1 heterocycles. The van der Waals surface area contributed by atoms with Crippen molar-refractivity contribution in [3.63, 3.8) is 0 Å². The second kappa shape index (κ2) is 8.19. The van der Waals surface area contributed by atoms with Gasteiger partial charge in [-0.25, -0.2) is 13.1 Å². The predicted octanol–water partition coefficient (Wildman–Crippen LogP) is 3.96. The van der Waals surface area contributed by atoms with Crippen LogP contribution in [0.15, 0.2) is 59.5 Å². The summed E-state index contributed by atoms with van der Waals surface area (Å²) in [6.45, 7) is 3.19. The van der Waals surface area contributed by atoms with E-state index in [4.69, 9.17) is 9.47 Å². The summed E-state index contributed by atoms with van der Waals surface area (Å²) in [4.78, 5) is 0.316. The number of nitrogens with one attached hydrogen (secondary N) is 1. The van der Waals surface area contributed by atoms with Crippen molar-refractivity contribution in [1.29, 1.82) is 0 Å². The fraction of sp³-hybridized carbons (Fsp3) is 0.478. The van der Waals surface area contributed by atoms with E-state index >= 15 is 0 Å². The average Bonchev–Trinajstić information content (AvgIpc) is 3.18. The van der Waals surface area contributed by atoms with Gasteiger partial charge in [0.25, 0.3) is 0 Å². The summed E-state index contributed by atoms with van der Waals surface area (Å²) in [7, 11) is -3.61. The molecule has 2 aromatic carbocycles. The van der Waals surface area contributed by atoms with Crippen LogP contribution < -0.4 is 4.72 Å². The lowest BCUT2D eigenvalue weighted by Crippen LogP contribution is -2.54. The lowest BCUT2D eigenvalue weighted by atomic mass is 9.76. The van der Waals surface area contributed by atoms with E-state index in [1.54, 1.807) is 12.1 Å². The highest BCUT2D eigenvalue weighted by Crippen LogP contribution is 2.42. The minimum Gasteiger partial charge on any atom is -0.348 e. The largest absolute Gasteiger partial charge is 0.348 e. The monoisotopic (exact) mass is 415 g/mol. The van der Waals surface area contributed by atoms with Crippen LogP contribution in [0.3, 0.4) is 0 Å². The van der Waals surface area contributed by atoms with Gasteiger partial charge in [0.15, 0.2) is 5.79 Å². The van der Waals surface area contributed by atoms with E-state index in [2.05, 4.69) is 16.9 Å². The Hall–Kier alpha value is -1.73. The van der Waals surface area contributed by atoms with Crippen LogP contribution in [-0.4, -0.2) is 33.0 Å². The van der Waals surface area contributed by atoms with Gasteiger partial charge in [0.2, 0.25) is 10.0 Å². The quantitative estimate of drug-likeness (QED) is 0.776. The maximum absolute atomic E-state index is 13.2. The molecular formula is C23H29NO4S. The molecule has 4 rings (SSSR count). The van der Waals surface area contributed by atoms with Gasteiger partial charge < -0.3 is 9.47 Å². The molecule has 1 N–H and O–H groups in total. The van der Waals surface area contributed by atoms with Gasteiger partial charge in [-0.05, 0) is 50.3 Å². The molecule has 2 aromatic rings. The molecule has 2 aliphatic rings. The van der Waals surface area contributed by atoms with Crippen LogP contribution in [0.5, 0.6) is 0 Å². The average molecular weight is 416 g/mol. The Labute approximate surface area is 173 Å². The van der Waals surface area contributed by atoms with E-state index in [0.717, 1.165) is 18.4 Å². The lowest BCUT2D eigenvalue weighted by molar-refractivity contribution is -0.185. The lowest BCUT2D eigenvalue weighted by Gasteiger charge is -2.44. The van der Waals surface area contributed by atoms with Gasteiger partial charge in [-0.1, -0.05) is 48.0 Å². The summed E-state index contributed by atoms with van der Waals surface area (Å²) < 4.78 is 41.1. The molecule has 0 atom stereocenters. The second-order valence-corrected chi connectivity index (χ2v) is 9.97. The number of sulfonamides is 1. The molecule has 1 saturated carbocycles. The van der Waals surface area contributed by atoms with Crippen LogP contribution in [-0.2, 0) is 25.9 Å². The SMILES string of the molecule is Cc1ccc(S(=O)(=O)NC2(CCc3ccccc3)CCC3(CC2)OCCO3)cc1. The van der Waals surface area contributed by atoms with Crippen LogP contribution in [0.2, 0.25) is 0 Å². The third-order valence-electron chi connectivity index (χ3n) is 6.20. The highest BCUT2D eigenvalue weighted by molar-refractivity contribution is 7.89. The number of aryl methyl sites for hydroxylation is 2. The number of hydrogen-bond donors (Lipinski definition) is 1. The van der Waals surface area contributed by atoms with Crippen molar-refractivity contribution in [3.05, 3.63) is 65.7 Å². The molecule has 5 nitrogen and oxygen atoms in total. The van der Waals surface area contributed by atoms with Gasteiger partial charge in [0.05, 0.1) is 18.1 Å². The molecule has 0 bridgehead atoms. The van der Waals surface area contributed by atoms with E-state index in [1.165, 1.54) is 5.56 Å². The smallest absolute Gasteiger partial charge is 0.241 e. The van der Waals surface area contributed by atoms with E-state index in [9.17, 15) is 8.42 Å². The summed E-state index contributed by atoms with van der Waals surface area (Å²) in [6.07, 6.45) is 4.39. The van der Waals surface area contributed by atoms with E-state index in [-0.39, 0.29) is 0 Å². The summed E-state index contributed by atoms with van der Waals surface area (Å²) in [5.74, 6) is -0.522. The van der Waals surface area contributed by atoms with E-state index < -0.39 is 21.3 Å². The fourth-order valence-electron chi connectivity index (χ4n) is 4.39. The Morgan fingerprint density at radius 2 is 1.52 bits per heavy atom. The first-order valence-corrected chi connectivity index (χ1v) is 11.8. The van der Waals surface area contributed by atoms with Crippen molar-refractivity contribution >= 4 is 10.0 Å². The molecule has 0 aromatic heterocycles. The number of rotatable bonds is 6. The normalized spacial score (nSPS) is 20.7. The zero-order valence-electron chi connectivity index (χ0n) is 16.9. The van der Waals surface area contributed by atoms with Crippen molar-refractivity contribution in [2.24, 2.45) is 0 Å². The highest BCUT2D eigenvalue weighted by atomic mass is 32.2. The van der Waals surface area contributed by atoms with Crippen molar-refractivity contribution in [3.8, 4) is 0 Å². The summed E-state index contributed by atoms with van der Waals surface area (Å²) in [5.41, 5.74) is 1.76. The molecular weight excluding hydrogens is 386 g/mol. The molecule has 156 valence electrons. The molecule has 0 radical (unpaired) electrons. The van der Waals surface area contributed by atoms with Crippen molar-refractivity contribution in [2.75, 3.05) is 13.2 Å². The topological polar surface area (TPSA) is 64.6 Å². The zero-order valence-corrected chi connectivity index (χ0v) is 17.7. The van der Waals surface area contributed by atoms with E-state index in [0.29, 0.717) is 43.8 Å². The highest BCUT2D eigenvalue weighted by Gasteiger charge is 2.47. The summed E-state index contributed by atoms with van der Waals surface area (Å²) in [6, 6.07) is 17.3. The third-order valence-corrected chi connectivity index (χ3v) is 7.79. The van der Waals surface area contributed by atoms with Crippen LogP contribution in [0.25, 0.3) is 0 Å². The van der Waals surface area contributed by atoms with Gasteiger partial charge in [0, 0.05) is 18.4 Å². The van der Waals surface area contributed by atoms with Gasteiger partial charge in [-0.15, -0.1) is 0 Å². The molecule has 1 aliphatic carbocycles. The van der Waals surface area contributed by atoms with Crippen molar-refractivity contribution in [1.82, 2.24) is 4.72 Å². The first-order chi connectivity index (χ1) is 13.9. The predicted molar refractivity (Wildman–Crippen MR) is 112 cm³/mol. The van der Waals surface area contributed by atoms with Crippen molar-refractivity contribution < 1.29 is 17.9 Å². The first-order valence-electron chi connectivity index (χ1n) is 10.3. The minimum absolute atomic E-state index is 0.316. The molecule has 29 heavy (non-hydrogen) atoms. The second-order valence-electron chi connectivity index (χ2n) is 8.29. The zero-order chi connectivity index (χ0) is 20.4. The Balaban J connectivity index is 1.55. The number of benzene rings is 2. The van der Waals surface area contributed by atoms with Gasteiger partial charge in [0.1, 0.15) is 0 Å². The molecule has 0 amide bonds. The van der Waals surface area contributed by atoms with Crippen LogP contribution in [0.4, 0.5) is 0 Å². The first kappa shape index (κ1) is 20.5. The van der Waals surface area contributed by atoms with Crippen molar-refractivity contribution in [2.45, 2.75) is 61.7 Å². The molecule has 0 unspecified atom stereocenters. The minimum atomic E-state index is -3.61. The summed E-state index contributed by atoms with van der Waals surface area (Å²) in [5, 5.41) is 0. The van der Waals surface area contributed by atoms with Crippen LogP contribution >= 0.6 is 0 Å². The van der Waals surface area contributed by atoms with Gasteiger partial charge in [-0.3, -0.25) is 0 Å². The molecule has 1 aliphatic heterocycles. The Morgan fingerprint density at radius 1 is 0.897 bits per heavy atom. The third kappa shape index (κ3) is 4.72. The Kier molecular flexibility index (Phi) is 5.80. The fourth-order valence-corrected chi connectivity index (χ4v) is 5.88. The van der Waals surface area contributed by atoms with Gasteiger partial charge >= 0.3 is 0 Å². The summed E-state index contributed by atoms with van der Waals surface area (Å²) >= 11 is 0. The van der Waals surface area contributed by atoms with E-state index in [1.807, 2.05) is 37.3 Å². The van der Waals surface area contributed by atoms with Crippen LogP contribution in [0, 0.1) is 6.92 Å². The maximum Gasteiger partial charge on any atom is 0.241 e. The molecule has 6 heteroatoms. The molecule has 1 spiro atoms. The van der Waals surface area contributed by atoms with Gasteiger partial charge in [-0.2, -0.15) is 0 Å². The molecule has 2 fully saturated rings. The number of ether oxygens (including phenoxy) is 2. The van der Waals surface area contributed by atoms with Crippen LogP contribution in [0.1, 0.15) is 43.2 Å². The Morgan fingerprint density at radius 3 is 2.14 bits per heavy atom. The standard InChI is InChI=1S/C23H29NO4S/c1-19-7-9-21(10-8-19)29(25,26)24-22(12-11-20-5-3-2-4-6-20)13-15-23(16-14-22)27-17-18-28-23/h2-10,24H,11-18H2,1H3. The Bertz CT molecular complexity index is 909. The number of hydrogen-bond acceptors (Lipinski definition) is 4. The molecule has 1 saturated heterocycles. The maximum atomic E-state index is 13.2.